The molecule has 1 aliphatic rings. The van der Waals surface area contributed by atoms with Gasteiger partial charge in [-0.05, 0) is 55.5 Å². The summed E-state index contributed by atoms with van der Waals surface area (Å²) in [5.41, 5.74) is 1.41. The summed E-state index contributed by atoms with van der Waals surface area (Å²) >= 11 is 0. The smallest absolute Gasteiger partial charge is 0.271 e. The van der Waals surface area contributed by atoms with E-state index < -0.39 is 5.54 Å². The number of hydrogen-bond acceptors (Lipinski definition) is 5. The predicted octanol–water partition coefficient (Wildman–Crippen LogP) is 4.29. The molecule has 0 radical (unpaired) electrons. The Morgan fingerprint density at radius 2 is 1.73 bits per heavy atom. The Morgan fingerprint density at radius 1 is 1.05 bits per heavy atom. The number of methoxy groups -OCH3 is 3. The highest BCUT2D eigenvalue weighted by Crippen LogP contribution is 2.39. The molecule has 0 unspecified atom stereocenters. The molecule has 3 aromatic rings. The van der Waals surface area contributed by atoms with Gasteiger partial charge in [-0.1, -0.05) is 32.0 Å². The zero-order valence-electron chi connectivity index (χ0n) is 22.6. The molecule has 4 rings (SSSR count). The number of hydrogen-bond donors (Lipinski definition) is 1. The topological polar surface area (TPSA) is 82.0 Å². The first-order valence-electron chi connectivity index (χ1n) is 12.7. The van der Waals surface area contributed by atoms with Crippen molar-refractivity contribution in [1.29, 1.82) is 0 Å². The van der Waals surface area contributed by atoms with E-state index in [0.717, 1.165) is 22.9 Å². The van der Waals surface area contributed by atoms with Crippen LogP contribution in [0.3, 0.4) is 0 Å². The Morgan fingerprint density at radius 3 is 2.35 bits per heavy atom. The van der Waals surface area contributed by atoms with E-state index in [1.165, 1.54) is 0 Å². The maximum absolute atomic E-state index is 13.9. The van der Waals surface area contributed by atoms with Crippen molar-refractivity contribution in [3.63, 3.8) is 0 Å². The fraction of sp³-hybridized carbons (Fsp3) is 0.448. The van der Waals surface area contributed by atoms with Crippen molar-refractivity contribution in [2.75, 3.05) is 34.4 Å². The largest absolute Gasteiger partial charge is 0.493 e. The van der Waals surface area contributed by atoms with Gasteiger partial charge in [0.2, 0.25) is 11.7 Å². The first-order chi connectivity index (χ1) is 17.7. The Hall–Kier alpha value is -3.68. The standard InChI is InChI=1S/C29H37N3O5/c1-19(2)11-13-30-28(34)29(3)18-31-22-10-8-7-9-21(22)17-23(31)27(33)32(29)14-12-20-15-24(35-4)26(37-6)25(16-20)36-5/h7-10,15-17,19H,11-14,18H2,1-6H3,(H,30,34)/t29-/m0/s1. The summed E-state index contributed by atoms with van der Waals surface area (Å²) in [4.78, 5) is 29.3. The zero-order chi connectivity index (χ0) is 26.7. The number of nitrogens with zero attached hydrogens (tertiary/aromatic N) is 2. The molecule has 0 saturated carbocycles. The fourth-order valence-corrected chi connectivity index (χ4v) is 5.04. The van der Waals surface area contributed by atoms with E-state index >= 15 is 0 Å². The number of carbonyl (C=O) groups excluding carboxylic acids is 2. The SMILES string of the molecule is COc1cc(CCN2C(=O)c3cc4ccccc4n3C[C@@]2(C)C(=O)NCCC(C)C)cc(OC)c1OC. The molecule has 37 heavy (non-hydrogen) atoms. The highest BCUT2D eigenvalue weighted by molar-refractivity contribution is 6.03. The van der Waals surface area contributed by atoms with E-state index in [9.17, 15) is 9.59 Å². The van der Waals surface area contributed by atoms with Gasteiger partial charge >= 0.3 is 0 Å². The maximum atomic E-state index is 13.9. The minimum absolute atomic E-state index is 0.144. The Labute approximate surface area is 218 Å². The number of rotatable bonds is 10. The molecule has 0 bridgehead atoms. The van der Waals surface area contributed by atoms with Gasteiger partial charge in [0.25, 0.3) is 5.91 Å². The van der Waals surface area contributed by atoms with Crippen LogP contribution in [0, 0.1) is 5.92 Å². The van der Waals surface area contributed by atoms with Crippen molar-refractivity contribution in [1.82, 2.24) is 14.8 Å². The molecule has 8 heteroatoms. The lowest BCUT2D eigenvalue weighted by Gasteiger charge is -2.44. The summed E-state index contributed by atoms with van der Waals surface area (Å²) in [6, 6.07) is 13.6. The molecule has 1 aromatic heterocycles. The van der Waals surface area contributed by atoms with Gasteiger partial charge in [-0.3, -0.25) is 9.59 Å². The average Bonchev–Trinajstić information content (AvgIpc) is 3.26. The summed E-state index contributed by atoms with van der Waals surface area (Å²) in [5.74, 6) is 1.79. The Bertz CT molecular complexity index is 1270. The van der Waals surface area contributed by atoms with Crippen LogP contribution in [0.4, 0.5) is 0 Å². The van der Waals surface area contributed by atoms with Gasteiger partial charge < -0.3 is 29.0 Å². The molecular formula is C29H37N3O5. The van der Waals surface area contributed by atoms with Gasteiger partial charge in [-0.15, -0.1) is 0 Å². The van der Waals surface area contributed by atoms with E-state index in [1.54, 1.807) is 26.2 Å². The van der Waals surface area contributed by atoms with Crippen molar-refractivity contribution in [3.8, 4) is 17.2 Å². The second-order valence-corrected chi connectivity index (χ2v) is 10.1. The van der Waals surface area contributed by atoms with Gasteiger partial charge in [0, 0.05) is 24.0 Å². The third-order valence-corrected chi connectivity index (χ3v) is 7.18. The predicted molar refractivity (Wildman–Crippen MR) is 144 cm³/mol. The molecule has 1 aliphatic heterocycles. The molecular weight excluding hydrogens is 470 g/mol. The van der Waals surface area contributed by atoms with Crippen molar-refractivity contribution >= 4 is 22.7 Å². The molecule has 8 nitrogen and oxygen atoms in total. The molecule has 0 saturated heterocycles. The van der Waals surface area contributed by atoms with Crippen molar-refractivity contribution < 1.29 is 23.8 Å². The van der Waals surface area contributed by atoms with E-state index in [2.05, 4.69) is 19.2 Å². The minimum atomic E-state index is -1.05. The summed E-state index contributed by atoms with van der Waals surface area (Å²) in [7, 11) is 4.72. The second-order valence-electron chi connectivity index (χ2n) is 10.1. The summed E-state index contributed by atoms with van der Waals surface area (Å²) in [6.07, 6.45) is 1.39. The molecule has 0 spiro atoms. The molecule has 198 valence electrons. The van der Waals surface area contributed by atoms with Crippen LogP contribution in [-0.2, 0) is 17.8 Å². The van der Waals surface area contributed by atoms with Crippen LogP contribution in [0.25, 0.3) is 10.9 Å². The van der Waals surface area contributed by atoms with Crippen LogP contribution < -0.4 is 19.5 Å². The van der Waals surface area contributed by atoms with E-state index in [1.807, 2.05) is 54.0 Å². The number of amides is 2. The van der Waals surface area contributed by atoms with Crippen LogP contribution in [0.5, 0.6) is 17.2 Å². The lowest BCUT2D eigenvalue weighted by atomic mass is 9.93. The Kier molecular flexibility index (Phi) is 7.66. The van der Waals surface area contributed by atoms with E-state index in [0.29, 0.717) is 54.9 Å². The van der Waals surface area contributed by atoms with Gasteiger partial charge in [0.1, 0.15) is 11.2 Å². The van der Waals surface area contributed by atoms with Crippen molar-refractivity contribution in [3.05, 3.63) is 53.7 Å². The molecule has 2 amide bonds. The highest BCUT2D eigenvalue weighted by atomic mass is 16.5. The second kappa shape index (κ2) is 10.7. The molecule has 1 N–H and O–H groups in total. The summed E-state index contributed by atoms with van der Waals surface area (Å²) in [6.45, 7) is 7.42. The van der Waals surface area contributed by atoms with Gasteiger partial charge in [0.05, 0.1) is 27.9 Å². The lowest BCUT2D eigenvalue weighted by molar-refractivity contribution is -0.132. The third kappa shape index (κ3) is 4.97. The monoisotopic (exact) mass is 507 g/mol. The zero-order valence-corrected chi connectivity index (χ0v) is 22.6. The lowest BCUT2D eigenvalue weighted by Crippen LogP contribution is -2.64. The van der Waals surface area contributed by atoms with Crippen LogP contribution in [-0.4, -0.2) is 61.2 Å². The first-order valence-corrected chi connectivity index (χ1v) is 12.7. The van der Waals surface area contributed by atoms with Crippen LogP contribution in [0.2, 0.25) is 0 Å². The molecule has 0 aliphatic carbocycles. The summed E-state index contributed by atoms with van der Waals surface area (Å²) < 4.78 is 18.4. The van der Waals surface area contributed by atoms with Crippen molar-refractivity contribution in [2.45, 2.75) is 45.7 Å². The fourth-order valence-electron chi connectivity index (χ4n) is 5.04. The number of nitrogens with one attached hydrogen (secondary N) is 1. The maximum Gasteiger partial charge on any atom is 0.271 e. The number of fused-ring (bicyclic) bond motifs is 3. The minimum Gasteiger partial charge on any atom is -0.493 e. The van der Waals surface area contributed by atoms with Gasteiger partial charge in [-0.2, -0.15) is 0 Å². The van der Waals surface area contributed by atoms with Gasteiger partial charge in [0.15, 0.2) is 11.5 Å². The third-order valence-electron chi connectivity index (χ3n) is 7.18. The normalized spacial score (nSPS) is 17.2. The first kappa shape index (κ1) is 26.4. The van der Waals surface area contributed by atoms with Gasteiger partial charge in [-0.25, -0.2) is 0 Å². The molecule has 2 aromatic carbocycles. The average molecular weight is 508 g/mol. The number of carbonyl (C=O) groups is 2. The van der Waals surface area contributed by atoms with Crippen molar-refractivity contribution in [2.24, 2.45) is 5.92 Å². The molecule has 0 fully saturated rings. The number of aromatic nitrogens is 1. The van der Waals surface area contributed by atoms with Crippen LogP contribution in [0.15, 0.2) is 42.5 Å². The molecule has 2 heterocycles. The number of para-hydroxylation sites is 1. The quantitative estimate of drug-likeness (QED) is 0.443. The summed E-state index contributed by atoms with van der Waals surface area (Å²) in [5, 5.41) is 4.08. The molecule has 1 atom stereocenters. The Balaban J connectivity index is 1.69. The van der Waals surface area contributed by atoms with Crippen LogP contribution in [0.1, 0.15) is 43.2 Å². The number of ether oxygens (including phenoxy) is 3. The number of benzene rings is 2. The highest BCUT2D eigenvalue weighted by Gasteiger charge is 2.47. The van der Waals surface area contributed by atoms with Crippen LogP contribution >= 0.6 is 0 Å². The van der Waals surface area contributed by atoms with E-state index in [4.69, 9.17) is 14.2 Å². The van der Waals surface area contributed by atoms with E-state index in [-0.39, 0.29) is 11.8 Å².